The van der Waals surface area contributed by atoms with Crippen LogP contribution in [0.5, 0.6) is 0 Å². The lowest BCUT2D eigenvalue weighted by Crippen LogP contribution is -2.60. The normalized spacial score (nSPS) is 31.7. The van der Waals surface area contributed by atoms with Crippen LogP contribution >= 0.6 is 11.8 Å². The molecule has 1 atom stereocenters. The Bertz CT molecular complexity index is 1120. The van der Waals surface area contributed by atoms with Gasteiger partial charge in [-0.25, -0.2) is 13.2 Å². The molecule has 5 fully saturated rings. The summed E-state index contributed by atoms with van der Waals surface area (Å²) in [5.74, 6) is 1.38. The van der Waals surface area contributed by atoms with Crippen LogP contribution in [0.2, 0.25) is 0 Å². The first kappa shape index (κ1) is 25.6. The van der Waals surface area contributed by atoms with Crippen molar-refractivity contribution in [1.29, 1.82) is 0 Å². The van der Waals surface area contributed by atoms with Crippen molar-refractivity contribution in [2.75, 3.05) is 30.9 Å². The fourth-order valence-electron chi connectivity index (χ4n) is 7.09. The van der Waals surface area contributed by atoms with Crippen molar-refractivity contribution in [3.63, 3.8) is 0 Å². The summed E-state index contributed by atoms with van der Waals surface area (Å²) in [6, 6.07) is 6.52. The Balaban J connectivity index is 1.13. The summed E-state index contributed by atoms with van der Waals surface area (Å²) in [5.41, 5.74) is 0.264. The third-order valence-electron chi connectivity index (χ3n) is 8.38. The van der Waals surface area contributed by atoms with Crippen LogP contribution in [-0.2, 0) is 24.2 Å². The van der Waals surface area contributed by atoms with Crippen molar-refractivity contribution in [2.45, 2.75) is 61.4 Å². The molecule has 196 valence electrons. The molecular weight excluding hydrogens is 500 g/mol. The van der Waals surface area contributed by atoms with Crippen LogP contribution in [0.25, 0.3) is 0 Å². The lowest BCUT2D eigenvalue weighted by atomic mass is 9.53. The highest BCUT2D eigenvalue weighted by Crippen LogP contribution is 2.55. The molecule has 1 aromatic rings. The van der Waals surface area contributed by atoms with Crippen LogP contribution < -0.4 is 5.32 Å². The Morgan fingerprint density at radius 2 is 1.72 bits per heavy atom. The van der Waals surface area contributed by atoms with Crippen LogP contribution in [-0.4, -0.2) is 73.6 Å². The second-order valence-electron chi connectivity index (χ2n) is 11.2. The smallest absolute Gasteiger partial charge is 0.339 e. The number of sulfone groups is 1. The maximum absolute atomic E-state index is 12.9. The fraction of sp³-hybridized carbons (Fsp3) is 0.654. The molecule has 1 saturated heterocycles. The Morgan fingerprint density at radius 1 is 1.08 bits per heavy atom. The van der Waals surface area contributed by atoms with Gasteiger partial charge in [0, 0.05) is 23.5 Å². The highest BCUT2D eigenvalue weighted by Gasteiger charge is 2.51. The fourth-order valence-corrected chi connectivity index (χ4v) is 9.71. The maximum atomic E-state index is 12.9. The van der Waals surface area contributed by atoms with Gasteiger partial charge in [-0.05, 0) is 74.8 Å². The third-order valence-corrected chi connectivity index (χ3v) is 11.2. The average molecular weight is 535 g/mol. The van der Waals surface area contributed by atoms with Crippen molar-refractivity contribution < 1.29 is 27.5 Å². The standard InChI is InChI=1S/C26H34N2O6S2/c1-28(20-6-7-36(32,33)16-20)24(30)14-34-25(31)21-4-2-3-5-22(21)35-15-23(29)27-26-11-17-8-18(12-26)10-19(9-17)13-26/h2-5,17-20H,6-16H2,1H3,(H,27,29). The predicted molar refractivity (Wildman–Crippen MR) is 136 cm³/mol. The molecule has 1 N–H and O–H groups in total. The number of carbonyl (C=O) groups excluding carboxylic acids is 3. The number of benzene rings is 1. The zero-order chi connectivity index (χ0) is 25.5. The molecule has 4 bridgehead atoms. The Labute approximate surface area is 216 Å². The molecule has 36 heavy (non-hydrogen) atoms. The summed E-state index contributed by atoms with van der Waals surface area (Å²) in [4.78, 5) is 40.1. The summed E-state index contributed by atoms with van der Waals surface area (Å²) < 4.78 is 28.7. The van der Waals surface area contributed by atoms with Crippen LogP contribution in [0.3, 0.4) is 0 Å². The molecule has 1 aromatic carbocycles. The number of hydrogen-bond acceptors (Lipinski definition) is 7. The Kier molecular flexibility index (Phi) is 7.11. The van der Waals surface area contributed by atoms with E-state index >= 15 is 0 Å². The number of rotatable bonds is 8. The molecule has 10 heteroatoms. The van der Waals surface area contributed by atoms with E-state index in [9.17, 15) is 22.8 Å². The highest BCUT2D eigenvalue weighted by molar-refractivity contribution is 8.00. The largest absolute Gasteiger partial charge is 0.452 e. The predicted octanol–water partition coefficient (Wildman–Crippen LogP) is 2.67. The van der Waals surface area contributed by atoms with Gasteiger partial charge in [0.15, 0.2) is 16.4 Å². The van der Waals surface area contributed by atoms with Crippen LogP contribution in [0.4, 0.5) is 0 Å². The van der Waals surface area contributed by atoms with Gasteiger partial charge in [-0.15, -0.1) is 11.8 Å². The lowest BCUT2D eigenvalue weighted by molar-refractivity contribution is -0.134. The SMILES string of the molecule is CN(C(=O)COC(=O)c1ccccc1SCC(=O)NC12CC3CC(CC(C3)C1)C2)C1CCS(=O)(=O)C1. The van der Waals surface area contributed by atoms with E-state index in [2.05, 4.69) is 5.32 Å². The molecule has 5 aliphatic rings. The monoisotopic (exact) mass is 534 g/mol. The number of ether oxygens (including phenoxy) is 1. The molecule has 0 aromatic heterocycles. The van der Waals surface area contributed by atoms with E-state index in [-0.39, 0.29) is 28.7 Å². The highest BCUT2D eigenvalue weighted by atomic mass is 32.2. The third kappa shape index (κ3) is 5.59. The van der Waals surface area contributed by atoms with Gasteiger partial charge >= 0.3 is 5.97 Å². The molecular formula is C26H34N2O6S2. The molecule has 4 aliphatic carbocycles. The first-order valence-corrected chi connectivity index (χ1v) is 15.6. The molecule has 0 radical (unpaired) electrons. The zero-order valence-corrected chi connectivity index (χ0v) is 22.2. The number of nitrogens with zero attached hydrogens (tertiary/aromatic N) is 1. The van der Waals surface area contributed by atoms with Gasteiger partial charge in [-0.1, -0.05) is 12.1 Å². The van der Waals surface area contributed by atoms with E-state index in [1.54, 1.807) is 24.3 Å². The number of hydrogen-bond donors (Lipinski definition) is 1. The van der Waals surface area contributed by atoms with Gasteiger partial charge in [0.05, 0.1) is 22.8 Å². The summed E-state index contributed by atoms with van der Waals surface area (Å²) in [6.07, 6.45) is 7.62. The van der Waals surface area contributed by atoms with E-state index in [1.165, 1.54) is 43.0 Å². The van der Waals surface area contributed by atoms with Gasteiger partial charge in [-0.2, -0.15) is 0 Å². The molecule has 2 amide bonds. The molecule has 6 rings (SSSR count). The number of thioether (sulfide) groups is 1. The number of esters is 1. The number of carbonyl (C=O) groups is 3. The van der Waals surface area contributed by atoms with E-state index in [0.717, 1.165) is 37.0 Å². The number of nitrogens with one attached hydrogen (secondary N) is 1. The summed E-state index contributed by atoms with van der Waals surface area (Å²) in [6.45, 7) is -0.461. The molecule has 0 spiro atoms. The van der Waals surface area contributed by atoms with E-state index in [0.29, 0.717) is 16.9 Å². The van der Waals surface area contributed by atoms with Crippen molar-refractivity contribution in [3.8, 4) is 0 Å². The molecule has 1 aliphatic heterocycles. The lowest BCUT2D eigenvalue weighted by Gasteiger charge is -2.56. The van der Waals surface area contributed by atoms with Crippen LogP contribution in [0.15, 0.2) is 29.2 Å². The summed E-state index contributed by atoms with van der Waals surface area (Å²) in [5, 5.41) is 3.36. The number of amides is 2. The first-order chi connectivity index (χ1) is 17.1. The number of likely N-dealkylation sites (N-methyl/N-ethyl adjacent to an activating group) is 1. The van der Waals surface area contributed by atoms with E-state index < -0.39 is 34.4 Å². The quantitative estimate of drug-likeness (QED) is 0.403. The van der Waals surface area contributed by atoms with E-state index in [1.807, 2.05) is 0 Å². The second-order valence-corrected chi connectivity index (χ2v) is 14.4. The van der Waals surface area contributed by atoms with Crippen LogP contribution in [0, 0.1) is 17.8 Å². The minimum absolute atomic E-state index is 0.00608. The first-order valence-electron chi connectivity index (χ1n) is 12.8. The Morgan fingerprint density at radius 3 is 2.33 bits per heavy atom. The van der Waals surface area contributed by atoms with Gasteiger partial charge in [0.25, 0.3) is 5.91 Å². The van der Waals surface area contributed by atoms with Gasteiger partial charge < -0.3 is 15.0 Å². The second kappa shape index (κ2) is 10.0. The minimum Gasteiger partial charge on any atom is -0.452 e. The topological polar surface area (TPSA) is 110 Å². The van der Waals surface area contributed by atoms with Crippen molar-refractivity contribution in [2.24, 2.45) is 17.8 Å². The summed E-state index contributed by atoms with van der Waals surface area (Å²) >= 11 is 1.30. The van der Waals surface area contributed by atoms with Crippen molar-refractivity contribution in [1.82, 2.24) is 10.2 Å². The van der Waals surface area contributed by atoms with E-state index in [4.69, 9.17) is 4.74 Å². The van der Waals surface area contributed by atoms with Crippen molar-refractivity contribution in [3.05, 3.63) is 29.8 Å². The zero-order valence-electron chi connectivity index (χ0n) is 20.6. The maximum Gasteiger partial charge on any atom is 0.339 e. The van der Waals surface area contributed by atoms with Gasteiger partial charge in [0.1, 0.15) is 0 Å². The molecule has 8 nitrogen and oxygen atoms in total. The Hall–Kier alpha value is -2.07. The molecule has 4 saturated carbocycles. The molecule has 1 heterocycles. The van der Waals surface area contributed by atoms with Gasteiger partial charge in [0.2, 0.25) is 5.91 Å². The van der Waals surface area contributed by atoms with Gasteiger partial charge in [-0.3, -0.25) is 9.59 Å². The average Bonchev–Trinajstić information content (AvgIpc) is 3.19. The minimum atomic E-state index is -3.12. The van der Waals surface area contributed by atoms with Crippen molar-refractivity contribution >= 4 is 39.4 Å². The molecule has 1 unspecified atom stereocenters. The van der Waals surface area contributed by atoms with Crippen LogP contribution in [0.1, 0.15) is 55.3 Å². The summed E-state index contributed by atoms with van der Waals surface area (Å²) in [7, 11) is -1.58.